The van der Waals surface area contributed by atoms with Crippen molar-refractivity contribution in [2.75, 3.05) is 0 Å². The lowest BCUT2D eigenvalue weighted by Gasteiger charge is -2.18. The number of nitrogens with zero attached hydrogens (tertiary/aromatic N) is 2. The zero-order chi connectivity index (χ0) is 18.3. The number of aryl methyl sites for hydroxylation is 1. The van der Waals surface area contributed by atoms with E-state index < -0.39 is 12.0 Å². The van der Waals surface area contributed by atoms with E-state index in [0.29, 0.717) is 5.69 Å². The number of aromatic amines is 1. The smallest absolute Gasteiger partial charge is 0.264 e. The number of alkyl halides is 2. The molecule has 25 heavy (non-hydrogen) atoms. The van der Waals surface area contributed by atoms with Crippen LogP contribution in [0.25, 0.3) is 21.6 Å². The van der Waals surface area contributed by atoms with Crippen molar-refractivity contribution in [1.82, 2.24) is 14.5 Å². The molecule has 1 atom stereocenters. The van der Waals surface area contributed by atoms with E-state index in [9.17, 15) is 13.6 Å². The van der Waals surface area contributed by atoms with Crippen LogP contribution in [0.2, 0.25) is 0 Å². The van der Waals surface area contributed by atoms with E-state index in [1.165, 1.54) is 17.4 Å². The van der Waals surface area contributed by atoms with Gasteiger partial charge in [0.2, 0.25) is 0 Å². The second-order valence-electron chi connectivity index (χ2n) is 5.89. The van der Waals surface area contributed by atoms with Crippen molar-refractivity contribution in [1.29, 1.82) is 0 Å². The summed E-state index contributed by atoms with van der Waals surface area (Å²) in [5.41, 5.74) is -0.310. The molecule has 0 saturated heterocycles. The van der Waals surface area contributed by atoms with Gasteiger partial charge in [-0.3, -0.25) is 14.3 Å². The molecule has 0 aliphatic carbocycles. The van der Waals surface area contributed by atoms with Gasteiger partial charge < -0.3 is 0 Å². The van der Waals surface area contributed by atoms with Gasteiger partial charge in [-0.1, -0.05) is 6.92 Å². The first-order valence-corrected chi connectivity index (χ1v) is 9.10. The first-order chi connectivity index (χ1) is 11.8. The van der Waals surface area contributed by atoms with Gasteiger partial charge in [-0.25, -0.2) is 13.8 Å². The Morgan fingerprint density at radius 3 is 2.68 bits per heavy atom. The molecular weight excluding hydrogens is 364 g/mol. The summed E-state index contributed by atoms with van der Waals surface area (Å²) in [6, 6.07) is 4.98. The normalized spacial score (nSPS) is 12.9. The van der Waals surface area contributed by atoms with Gasteiger partial charge in [-0.2, -0.15) is 0 Å². The summed E-state index contributed by atoms with van der Waals surface area (Å²) in [5.74, 6) is 0. The third-order valence-electron chi connectivity index (χ3n) is 4.18. The summed E-state index contributed by atoms with van der Waals surface area (Å²) in [7, 11) is 0. The minimum atomic E-state index is -2.78. The number of thiophene rings is 1. The van der Waals surface area contributed by atoms with E-state index in [0.717, 1.165) is 16.2 Å². The van der Waals surface area contributed by atoms with E-state index in [-0.39, 0.29) is 27.4 Å². The van der Waals surface area contributed by atoms with Crippen molar-refractivity contribution in [2.45, 2.75) is 39.7 Å². The number of nitrogens with one attached hydrogen (secondary N) is 1. The first kappa shape index (κ1) is 17.9. The quantitative estimate of drug-likeness (QED) is 0.616. The third kappa shape index (κ3) is 3.16. The molecule has 4 nitrogen and oxygen atoms in total. The Labute approximate surface area is 152 Å². The highest BCUT2D eigenvalue weighted by Gasteiger charge is 2.21. The third-order valence-corrected chi connectivity index (χ3v) is 5.51. The molecule has 0 aliphatic heterocycles. The SMILES string of the molecule is CC[C@@H](C)n1c(=S)[nH]c(=O)c2c(C(F)F)cc(-c3ccc(C)s3)nc21. The van der Waals surface area contributed by atoms with Crippen LogP contribution in [0, 0.1) is 11.7 Å². The van der Waals surface area contributed by atoms with Gasteiger partial charge >= 0.3 is 0 Å². The molecular formula is C17H17F2N3OS2. The molecule has 0 bridgehead atoms. The lowest BCUT2D eigenvalue weighted by atomic mass is 10.1. The van der Waals surface area contributed by atoms with Crippen molar-refractivity contribution in [3.8, 4) is 10.6 Å². The second-order valence-corrected chi connectivity index (χ2v) is 7.57. The molecule has 3 heterocycles. The minimum Gasteiger partial charge on any atom is -0.300 e. The van der Waals surface area contributed by atoms with Gasteiger partial charge in [-0.05, 0) is 50.7 Å². The average Bonchev–Trinajstić information content (AvgIpc) is 2.99. The standard InChI is InChI=1S/C17H17F2N3OS2/c1-4-8(2)22-15-13(16(23)21-17(22)24)10(14(18)19)7-11(20-15)12-6-5-9(3)25-12/h5-8,14H,4H2,1-3H3,(H,21,23,24)/t8-/m1/s1. The van der Waals surface area contributed by atoms with Crippen LogP contribution in [0.1, 0.15) is 43.2 Å². The Morgan fingerprint density at radius 1 is 1.40 bits per heavy atom. The molecule has 8 heteroatoms. The number of aromatic nitrogens is 3. The Hall–Kier alpha value is -1.93. The van der Waals surface area contributed by atoms with Gasteiger partial charge in [0.05, 0.1) is 16.0 Å². The van der Waals surface area contributed by atoms with Crippen LogP contribution in [0.3, 0.4) is 0 Å². The lowest BCUT2D eigenvalue weighted by Crippen LogP contribution is -2.19. The van der Waals surface area contributed by atoms with Gasteiger partial charge in [-0.15, -0.1) is 11.3 Å². The molecule has 0 radical (unpaired) electrons. The summed E-state index contributed by atoms with van der Waals surface area (Å²) in [6.07, 6.45) is -2.06. The fourth-order valence-corrected chi connectivity index (χ4v) is 3.92. The molecule has 0 fully saturated rings. The first-order valence-electron chi connectivity index (χ1n) is 7.87. The highest BCUT2D eigenvalue weighted by atomic mass is 32.1. The van der Waals surface area contributed by atoms with Gasteiger partial charge in [0, 0.05) is 16.5 Å². The number of H-pyrrole nitrogens is 1. The summed E-state index contributed by atoms with van der Waals surface area (Å²) < 4.78 is 29.2. The van der Waals surface area contributed by atoms with Gasteiger partial charge in [0.15, 0.2) is 4.77 Å². The topological polar surface area (TPSA) is 50.7 Å². The van der Waals surface area contributed by atoms with E-state index in [2.05, 4.69) is 9.97 Å². The lowest BCUT2D eigenvalue weighted by molar-refractivity contribution is 0.153. The van der Waals surface area contributed by atoms with Crippen LogP contribution in [-0.4, -0.2) is 14.5 Å². The maximum Gasteiger partial charge on any atom is 0.264 e. The summed E-state index contributed by atoms with van der Waals surface area (Å²) in [4.78, 5) is 21.2. The zero-order valence-corrected chi connectivity index (χ0v) is 15.6. The largest absolute Gasteiger partial charge is 0.300 e. The average molecular weight is 381 g/mol. The molecule has 3 aromatic rings. The van der Waals surface area contributed by atoms with Crippen molar-refractivity contribution < 1.29 is 8.78 Å². The molecule has 0 saturated carbocycles. The van der Waals surface area contributed by atoms with Gasteiger partial charge in [0.25, 0.3) is 12.0 Å². The number of hydrogen-bond donors (Lipinski definition) is 1. The molecule has 0 aromatic carbocycles. The van der Waals surface area contributed by atoms with E-state index >= 15 is 0 Å². The molecule has 3 aromatic heterocycles. The molecule has 3 rings (SSSR count). The maximum absolute atomic E-state index is 13.7. The highest BCUT2D eigenvalue weighted by molar-refractivity contribution is 7.71. The predicted molar refractivity (Wildman–Crippen MR) is 99.2 cm³/mol. The summed E-state index contributed by atoms with van der Waals surface area (Å²) in [5, 5.41) is -0.0964. The van der Waals surface area contributed by atoms with E-state index in [1.807, 2.05) is 32.9 Å². The molecule has 1 N–H and O–H groups in total. The van der Waals surface area contributed by atoms with Crippen molar-refractivity contribution >= 4 is 34.6 Å². The van der Waals surface area contributed by atoms with E-state index in [1.54, 1.807) is 4.57 Å². The Bertz CT molecular complexity index is 1050. The number of pyridine rings is 1. The Kier molecular flexibility index (Phi) is 4.83. The van der Waals surface area contributed by atoms with Crippen molar-refractivity contribution in [3.05, 3.63) is 43.8 Å². The molecule has 0 unspecified atom stereocenters. The van der Waals surface area contributed by atoms with Gasteiger partial charge in [0.1, 0.15) is 5.65 Å². The summed E-state index contributed by atoms with van der Waals surface area (Å²) >= 11 is 6.73. The summed E-state index contributed by atoms with van der Waals surface area (Å²) in [6.45, 7) is 5.82. The number of rotatable bonds is 4. The monoisotopic (exact) mass is 381 g/mol. The molecule has 132 valence electrons. The fraction of sp³-hybridized carbons (Fsp3) is 0.353. The van der Waals surface area contributed by atoms with Crippen LogP contribution in [0.5, 0.6) is 0 Å². The van der Waals surface area contributed by atoms with Crippen LogP contribution >= 0.6 is 23.6 Å². The molecule has 0 amide bonds. The maximum atomic E-state index is 13.7. The van der Waals surface area contributed by atoms with Crippen molar-refractivity contribution in [2.24, 2.45) is 0 Å². The fourth-order valence-electron chi connectivity index (χ4n) is 2.74. The van der Waals surface area contributed by atoms with Crippen LogP contribution in [0.4, 0.5) is 8.78 Å². The molecule has 0 spiro atoms. The van der Waals surface area contributed by atoms with Crippen molar-refractivity contribution in [3.63, 3.8) is 0 Å². The minimum absolute atomic E-state index is 0.0785. The van der Waals surface area contributed by atoms with Crippen LogP contribution < -0.4 is 5.56 Å². The van der Waals surface area contributed by atoms with E-state index in [4.69, 9.17) is 12.2 Å². The van der Waals surface area contributed by atoms with Crippen LogP contribution in [0.15, 0.2) is 23.0 Å². The van der Waals surface area contributed by atoms with Crippen LogP contribution in [-0.2, 0) is 0 Å². The second kappa shape index (κ2) is 6.76. The number of hydrogen-bond acceptors (Lipinski definition) is 4. The molecule has 0 aliphatic rings. The highest BCUT2D eigenvalue weighted by Crippen LogP contribution is 2.33. The Morgan fingerprint density at radius 2 is 2.12 bits per heavy atom. The Balaban J connectivity index is 2.47. The zero-order valence-electron chi connectivity index (χ0n) is 14.0. The number of fused-ring (bicyclic) bond motifs is 1. The number of halogens is 2. The predicted octanol–water partition coefficient (Wildman–Crippen LogP) is 5.40.